The second-order valence-electron chi connectivity index (χ2n) is 10.6. The highest BCUT2D eigenvalue weighted by molar-refractivity contribution is 6.06. The number of nitrogens with one attached hydrogen (secondary N) is 4. The molecule has 2 heterocycles. The third kappa shape index (κ3) is 6.37. The Bertz CT molecular complexity index is 1580. The van der Waals surface area contributed by atoms with E-state index in [4.69, 9.17) is 0 Å². The number of carbonyl (C=O) groups excluding carboxylic acids is 3. The number of pyridine rings is 1. The van der Waals surface area contributed by atoms with E-state index in [0.29, 0.717) is 28.8 Å². The van der Waals surface area contributed by atoms with Gasteiger partial charge in [-0.3, -0.25) is 19.7 Å². The van der Waals surface area contributed by atoms with Gasteiger partial charge in [-0.1, -0.05) is 37.5 Å². The molecule has 1 fully saturated rings. The minimum absolute atomic E-state index is 0.0448. The van der Waals surface area contributed by atoms with Gasteiger partial charge in [0.05, 0.1) is 17.4 Å². The molecule has 0 unspecified atom stereocenters. The quantitative estimate of drug-likeness (QED) is 0.325. The first-order valence-corrected chi connectivity index (χ1v) is 14.0. The van der Waals surface area contributed by atoms with Gasteiger partial charge in [0.2, 0.25) is 0 Å². The molecular weight excluding hydrogens is 518 g/mol. The zero-order chi connectivity index (χ0) is 28.9. The summed E-state index contributed by atoms with van der Waals surface area (Å²) in [7, 11) is 3.33. The van der Waals surface area contributed by atoms with Crippen LogP contribution in [0, 0.1) is 0 Å². The number of nitrogens with zero attached hydrogens (tertiary/aromatic N) is 3. The summed E-state index contributed by atoms with van der Waals surface area (Å²) in [6.07, 6.45) is 14.5. The third-order valence-corrected chi connectivity index (χ3v) is 7.51. The van der Waals surface area contributed by atoms with E-state index in [2.05, 4.69) is 31.1 Å². The summed E-state index contributed by atoms with van der Waals surface area (Å²) in [4.78, 5) is 44.1. The molecule has 5 rings (SSSR count). The van der Waals surface area contributed by atoms with Gasteiger partial charge < -0.3 is 20.9 Å². The molecule has 2 aliphatic rings. The molecule has 212 valence electrons. The molecule has 4 amide bonds. The summed E-state index contributed by atoms with van der Waals surface area (Å²) in [5, 5.41) is 16.8. The number of urea groups is 1. The Balaban J connectivity index is 1.33. The number of rotatable bonds is 7. The van der Waals surface area contributed by atoms with Gasteiger partial charge in [-0.25, -0.2) is 4.79 Å². The van der Waals surface area contributed by atoms with Crippen LogP contribution in [0.4, 0.5) is 10.5 Å². The molecule has 0 aliphatic heterocycles. The molecule has 3 aromatic rings. The van der Waals surface area contributed by atoms with E-state index in [-0.39, 0.29) is 29.6 Å². The van der Waals surface area contributed by atoms with E-state index in [1.165, 1.54) is 4.90 Å². The van der Waals surface area contributed by atoms with Crippen molar-refractivity contribution in [1.29, 1.82) is 0 Å². The van der Waals surface area contributed by atoms with Crippen molar-refractivity contribution in [3.8, 4) is 11.1 Å². The number of H-pyrrole nitrogens is 1. The van der Waals surface area contributed by atoms with Crippen LogP contribution in [-0.2, 0) is 4.79 Å². The lowest BCUT2D eigenvalue weighted by atomic mass is 10.0. The van der Waals surface area contributed by atoms with Crippen LogP contribution < -0.4 is 16.0 Å². The second-order valence-corrected chi connectivity index (χ2v) is 10.6. The SMILES string of the molecule is CCC1=C(C(=O)NC2CCCC2)C=CC(NC(=O)c2n[nH]c3ccc(-c4cncc(NC(=O)N(C)C)c4)cc23)=CC1. The summed E-state index contributed by atoms with van der Waals surface area (Å²) in [5.74, 6) is -0.400. The molecule has 2 aliphatic carbocycles. The number of aromatic nitrogens is 3. The summed E-state index contributed by atoms with van der Waals surface area (Å²) in [6.45, 7) is 2.04. The average molecular weight is 554 g/mol. The van der Waals surface area contributed by atoms with Crippen molar-refractivity contribution >= 4 is 34.4 Å². The Kier molecular flexibility index (Phi) is 8.28. The highest BCUT2D eigenvalue weighted by Gasteiger charge is 2.22. The first kappa shape index (κ1) is 27.8. The molecule has 0 spiro atoms. The number of benzene rings is 1. The number of carbonyl (C=O) groups is 3. The molecule has 1 saturated carbocycles. The molecule has 41 heavy (non-hydrogen) atoms. The monoisotopic (exact) mass is 553 g/mol. The average Bonchev–Trinajstić information content (AvgIpc) is 3.59. The summed E-state index contributed by atoms with van der Waals surface area (Å²) in [6, 6.07) is 7.46. The van der Waals surface area contributed by atoms with Gasteiger partial charge in [-0.15, -0.1) is 0 Å². The molecule has 4 N–H and O–H groups in total. The van der Waals surface area contributed by atoms with Gasteiger partial charge >= 0.3 is 6.03 Å². The topological polar surface area (TPSA) is 132 Å². The zero-order valence-corrected chi connectivity index (χ0v) is 23.6. The Morgan fingerprint density at radius 2 is 1.80 bits per heavy atom. The Hall–Kier alpha value is -4.73. The Labute approximate surface area is 239 Å². The van der Waals surface area contributed by atoms with Crippen LogP contribution >= 0.6 is 0 Å². The molecule has 10 nitrogen and oxygen atoms in total. The smallest absolute Gasteiger partial charge is 0.321 e. The van der Waals surface area contributed by atoms with Gasteiger partial charge in [0.15, 0.2) is 5.69 Å². The van der Waals surface area contributed by atoms with Gasteiger partial charge in [0.25, 0.3) is 11.8 Å². The largest absolute Gasteiger partial charge is 0.349 e. The van der Waals surface area contributed by atoms with Crippen molar-refractivity contribution in [1.82, 2.24) is 30.7 Å². The molecule has 1 aromatic carbocycles. The molecule has 0 atom stereocenters. The van der Waals surface area contributed by atoms with E-state index in [1.807, 2.05) is 37.3 Å². The van der Waals surface area contributed by atoms with Crippen molar-refractivity contribution in [2.75, 3.05) is 19.4 Å². The van der Waals surface area contributed by atoms with Crippen molar-refractivity contribution in [2.45, 2.75) is 51.5 Å². The van der Waals surface area contributed by atoms with Gasteiger partial charge in [0.1, 0.15) is 0 Å². The fraction of sp³-hybridized carbons (Fsp3) is 0.323. The maximum atomic E-state index is 13.4. The van der Waals surface area contributed by atoms with Gasteiger partial charge in [-0.2, -0.15) is 5.10 Å². The number of hydrogen-bond acceptors (Lipinski definition) is 5. The van der Waals surface area contributed by atoms with Gasteiger partial charge in [-0.05, 0) is 61.6 Å². The number of anilines is 1. The molecule has 0 radical (unpaired) electrons. The van der Waals surface area contributed by atoms with E-state index < -0.39 is 0 Å². The molecule has 0 bridgehead atoms. The lowest BCUT2D eigenvalue weighted by Gasteiger charge is -2.14. The highest BCUT2D eigenvalue weighted by Crippen LogP contribution is 2.27. The lowest BCUT2D eigenvalue weighted by Crippen LogP contribution is -2.33. The normalized spacial score (nSPS) is 15.4. The zero-order valence-electron chi connectivity index (χ0n) is 23.6. The van der Waals surface area contributed by atoms with Gasteiger partial charge in [0, 0.05) is 48.6 Å². The fourth-order valence-corrected chi connectivity index (χ4v) is 5.16. The number of fused-ring (bicyclic) bond motifs is 1. The number of hydrogen-bond donors (Lipinski definition) is 4. The minimum atomic E-state index is -0.355. The Morgan fingerprint density at radius 1 is 1.00 bits per heavy atom. The summed E-state index contributed by atoms with van der Waals surface area (Å²) in [5.41, 5.74) is 5.47. The summed E-state index contributed by atoms with van der Waals surface area (Å²) < 4.78 is 0. The van der Waals surface area contributed by atoms with E-state index in [9.17, 15) is 14.4 Å². The second kappa shape index (κ2) is 12.2. The number of amides is 4. The van der Waals surface area contributed by atoms with Crippen molar-refractivity contribution < 1.29 is 14.4 Å². The lowest BCUT2D eigenvalue weighted by molar-refractivity contribution is -0.117. The van der Waals surface area contributed by atoms with Crippen LogP contribution in [0.3, 0.4) is 0 Å². The highest BCUT2D eigenvalue weighted by atomic mass is 16.2. The van der Waals surface area contributed by atoms with Crippen LogP contribution in [0.1, 0.15) is 55.9 Å². The molecular formula is C31H35N7O3. The third-order valence-electron chi connectivity index (χ3n) is 7.51. The number of allylic oxidation sites excluding steroid dienone is 3. The van der Waals surface area contributed by atoms with Crippen LogP contribution in [0.15, 0.2) is 71.7 Å². The van der Waals surface area contributed by atoms with E-state index in [1.54, 1.807) is 38.6 Å². The first-order valence-electron chi connectivity index (χ1n) is 14.0. The fourth-order valence-electron chi connectivity index (χ4n) is 5.16. The summed E-state index contributed by atoms with van der Waals surface area (Å²) >= 11 is 0. The molecule has 0 saturated heterocycles. The van der Waals surface area contributed by atoms with E-state index in [0.717, 1.165) is 54.3 Å². The first-order chi connectivity index (χ1) is 19.8. The van der Waals surface area contributed by atoms with E-state index >= 15 is 0 Å². The van der Waals surface area contributed by atoms with Crippen LogP contribution in [0.25, 0.3) is 22.0 Å². The van der Waals surface area contributed by atoms with Crippen LogP contribution in [-0.4, -0.2) is 58.1 Å². The maximum Gasteiger partial charge on any atom is 0.321 e. The maximum absolute atomic E-state index is 13.4. The minimum Gasteiger partial charge on any atom is -0.349 e. The molecule has 10 heteroatoms. The standard InChI is InChI=1S/C31H35N7O3/c1-4-19-9-11-23(12-13-25(19)29(39)33-22-7-5-6-8-22)34-30(40)28-26-16-20(10-14-27(26)36-37-28)21-15-24(18-32-17-21)35-31(41)38(2)3/h10-18,22H,4-9H2,1-3H3,(H,33,39)(H,34,40)(H,35,41)(H,36,37). The van der Waals surface area contributed by atoms with Crippen molar-refractivity contribution in [3.63, 3.8) is 0 Å². The number of aromatic amines is 1. The Morgan fingerprint density at radius 3 is 2.56 bits per heavy atom. The predicted molar refractivity (Wildman–Crippen MR) is 159 cm³/mol. The molecule has 2 aromatic heterocycles. The van der Waals surface area contributed by atoms with Crippen LogP contribution in [0.5, 0.6) is 0 Å². The predicted octanol–water partition coefficient (Wildman–Crippen LogP) is 5.06. The van der Waals surface area contributed by atoms with Crippen LogP contribution in [0.2, 0.25) is 0 Å². The van der Waals surface area contributed by atoms with Crippen molar-refractivity contribution in [2.24, 2.45) is 0 Å². The van der Waals surface area contributed by atoms with Crippen molar-refractivity contribution in [3.05, 3.63) is 77.4 Å².